The summed E-state index contributed by atoms with van der Waals surface area (Å²) in [5.74, 6) is 0.413. The van der Waals surface area contributed by atoms with E-state index in [9.17, 15) is 9.59 Å². The topological polar surface area (TPSA) is 74.2 Å². The van der Waals surface area contributed by atoms with Gasteiger partial charge < -0.3 is 14.2 Å². The predicted molar refractivity (Wildman–Crippen MR) is 118 cm³/mol. The van der Waals surface area contributed by atoms with Gasteiger partial charge in [0.2, 0.25) is 5.90 Å². The zero-order valence-corrected chi connectivity index (χ0v) is 18.8. The van der Waals surface area contributed by atoms with E-state index in [2.05, 4.69) is 34.8 Å². The van der Waals surface area contributed by atoms with Crippen LogP contribution in [0.1, 0.15) is 49.8 Å². The second-order valence-electron chi connectivity index (χ2n) is 6.97. The molecule has 3 rings (SSSR count). The van der Waals surface area contributed by atoms with E-state index in [4.69, 9.17) is 14.2 Å². The number of halogens is 1. The van der Waals surface area contributed by atoms with Gasteiger partial charge in [-0.1, -0.05) is 32.9 Å². The fraction of sp³-hybridized carbons (Fsp3) is 0.261. The third-order valence-corrected chi connectivity index (χ3v) is 5.09. The molecular formula is C23H22BrNO5. The van der Waals surface area contributed by atoms with Crippen molar-refractivity contribution in [1.82, 2.24) is 0 Å². The second kappa shape index (κ2) is 9.26. The normalized spacial score (nSPS) is 14.7. The highest BCUT2D eigenvalue weighted by atomic mass is 79.9. The van der Waals surface area contributed by atoms with Crippen LogP contribution in [0, 0.1) is 0 Å². The van der Waals surface area contributed by atoms with Gasteiger partial charge in [-0.3, -0.25) is 4.79 Å². The Kier molecular flexibility index (Phi) is 6.72. The molecule has 156 valence electrons. The van der Waals surface area contributed by atoms with Crippen LogP contribution < -0.4 is 9.47 Å². The minimum absolute atomic E-state index is 0.171. The first-order valence-electron chi connectivity index (χ1n) is 9.53. The molecule has 0 aliphatic carbocycles. The Balaban J connectivity index is 1.91. The van der Waals surface area contributed by atoms with Crippen molar-refractivity contribution in [2.45, 2.75) is 33.1 Å². The van der Waals surface area contributed by atoms with Crippen molar-refractivity contribution < 1.29 is 23.8 Å². The van der Waals surface area contributed by atoms with Crippen LogP contribution in [-0.2, 0) is 14.3 Å². The summed E-state index contributed by atoms with van der Waals surface area (Å²) in [4.78, 5) is 28.3. The molecule has 0 saturated carbocycles. The van der Waals surface area contributed by atoms with E-state index in [1.807, 2.05) is 24.3 Å². The molecule has 0 bridgehead atoms. The number of methoxy groups -OCH3 is 1. The van der Waals surface area contributed by atoms with Crippen molar-refractivity contribution >= 4 is 39.8 Å². The number of carbonyl (C=O) groups excluding carboxylic acids is 2. The number of benzene rings is 2. The zero-order valence-electron chi connectivity index (χ0n) is 17.2. The Labute approximate surface area is 183 Å². The average Bonchev–Trinajstić information content (AvgIpc) is 3.09. The molecule has 0 unspecified atom stereocenters. The van der Waals surface area contributed by atoms with Gasteiger partial charge in [0.25, 0.3) is 0 Å². The molecule has 2 aromatic carbocycles. The number of carbonyl (C=O) groups is 2. The molecule has 1 aliphatic rings. The van der Waals surface area contributed by atoms with Gasteiger partial charge in [0.15, 0.2) is 17.2 Å². The van der Waals surface area contributed by atoms with Crippen molar-refractivity contribution in [3.8, 4) is 11.5 Å². The number of hydrogen-bond acceptors (Lipinski definition) is 6. The molecule has 0 spiro atoms. The number of esters is 2. The first kappa shape index (κ1) is 21.8. The van der Waals surface area contributed by atoms with Gasteiger partial charge in [-0.2, -0.15) is 0 Å². The summed E-state index contributed by atoms with van der Waals surface area (Å²) in [5, 5.41) is 0. The van der Waals surface area contributed by atoms with Crippen LogP contribution in [0.15, 0.2) is 51.6 Å². The molecule has 0 N–H and O–H groups in total. The second-order valence-corrected chi connectivity index (χ2v) is 7.83. The lowest BCUT2D eigenvalue weighted by Gasteiger charge is -2.11. The van der Waals surface area contributed by atoms with E-state index in [0.717, 1.165) is 5.56 Å². The molecule has 7 heteroatoms. The highest BCUT2D eigenvalue weighted by molar-refractivity contribution is 9.10. The van der Waals surface area contributed by atoms with Crippen LogP contribution in [0.2, 0.25) is 0 Å². The summed E-state index contributed by atoms with van der Waals surface area (Å²) in [6.07, 6.45) is 1.83. The van der Waals surface area contributed by atoms with Crippen molar-refractivity contribution in [2.75, 3.05) is 7.11 Å². The third kappa shape index (κ3) is 4.79. The van der Waals surface area contributed by atoms with E-state index in [1.54, 1.807) is 25.1 Å². The highest BCUT2D eigenvalue weighted by Crippen LogP contribution is 2.37. The van der Waals surface area contributed by atoms with Crippen LogP contribution in [0.4, 0.5) is 0 Å². The molecule has 2 aromatic rings. The number of cyclic esters (lactones) is 1. The van der Waals surface area contributed by atoms with Gasteiger partial charge in [-0.05, 0) is 63.3 Å². The van der Waals surface area contributed by atoms with Crippen LogP contribution in [0.5, 0.6) is 11.5 Å². The van der Waals surface area contributed by atoms with Crippen molar-refractivity contribution in [3.63, 3.8) is 0 Å². The third-order valence-electron chi connectivity index (χ3n) is 4.50. The summed E-state index contributed by atoms with van der Waals surface area (Å²) in [6.45, 7) is 5.94. The number of hydrogen-bond donors (Lipinski definition) is 0. The molecule has 30 heavy (non-hydrogen) atoms. The summed E-state index contributed by atoms with van der Waals surface area (Å²) in [7, 11) is 1.48. The molecule has 0 saturated heterocycles. The minimum atomic E-state index is -0.533. The predicted octanol–water partition coefficient (Wildman–Crippen LogP) is 5.24. The van der Waals surface area contributed by atoms with Crippen LogP contribution in [-0.4, -0.2) is 24.9 Å². The van der Waals surface area contributed by atoms with Gasteiger partial charge in [-0.25, -0.2) is 9.79 Å². The summed E-state index contributed by atoms with van der Waals surface area (Å²) in [5.41, 5.74) is 2.74. The van der Waals surface area contributed by atoms with E-state index in [-0.39, 0.29) is 29.7 Å². The lowest BCUT2D eigenvalue weighted by atomic mass is 10.0. The maximum atomic E-state index is 12.3. The average molecular weight is 472 g/mol. The van der Waals surface area contributed by atoms with Gasteiger partial charge >= 0.3 is 11.9 Å². The van der Waals surface area contributed by atoms with Crippen molar-refractivity contribution in [1.29, 1.82) is 0 Å². The SMILES string of the molecule is CCC(=O)Oc1c(Br)cc(/C=C2\N=C(c3ccc(C(C)C)cc3)OC2=O)cc1OC. The number of nitrogens with zero attached hydrogens (tertiary/aromatic N) is 1. The lowest BCUT2D eigenvalue weighted by Crippen LogP contribution is -2.07. The smallest absolute Gasteiger partial charge is 0.363 e. The highest BCUT2D eigenvalue weighted by Gasteiger charge is 2.25. The van der Waals surface area contributed by atoms with Gasteiger partial charge in [0, 0.05) is 12.0 Å². The standard InChI is InChI=1S/C23H22BrNO5/c1-5-20(26)29-21-17(24)10-14(12-19(21)28-4)11-18-23(27)30-22(25-18)16-8-6-15(7-9-16)13(2)3/h6-13H,5H2,1-4H3/b18-11-. The number of ether oxygens (including phenoxy) is 3. The van der Waals surface area contributed by atoms with Gasteiger partial charge in [0.1, 0.15) is 0 Å². The Hall–Kier alpha value is -2.93. The van der Waals surface area contributed by atoms with Crippen molar-refractivity contribution in [2.24, 2.45) is 4.99 Å². The number of aliphatic imine (C=N–C) groups is 1. The molecule has 0 fully saturated rings. The summed E-state index contributed by atoms with van der Waals surface area (Å²) in [6, 6.07) is 11.1. The molecule has 1 aliphatic heterocycles. The Morgan fingerprint density at radius 1 is 1.23 bits per heavy atom. The fourth-order valence-corrected chi connectivity index (χ4v) is 3.35. The molecule has 6 nitrogen and oxygen atoms in total. The molecule has 0 aromatic heterocycles. The van der Waals surface area contributed by atoms with E-state index in [0.29, 0.717) is 21.7 Å². The first-order chi connectivity index (χ1) is 14.3. The molecular weight excluding hydrogens is 450 g/mol. The Bertz CT molecular complexity index is 1040. The zero-order chi connectivity index (χ0) is 21.8. The quantitative estimate of drug-likeness (QED) is 0.327. The number of rotatable bonds is 6. The van der Waals surface area contributed by atoms with E-state index < -0.39 is 5.97 Å². The molecule has 0 amide bonds. The largest absolute Gasteiger partial charge is 0.493 e. The van der Waals surface area contributed by atoms with Gasteiger partial charge in [-0.15, -0.1) is 0 Å². The maximum Gasteiger partial charge on any atom is 0.363 e. The lowest BCUT2D eigenvalue weighted by molar-refractivity contribution is -0.134. The minimum Gasteiger partial charge on any atom is -0.493 e. The Morgan fingerprint density at radius 3 is 2.53 bits per heavy atom. The molecule has 1 heterocycles. The molecule has 0 atom stereocenters. The van der Waals surface area contributed by atoms with E-state index >= 15 is 0 Å². The maximum absolute atomic E-state index is 12.3. The summed E-state index contributed by atoms with van der Waals surface area (Å²) < 4.78 is 16.5. The van der Waals surface area contributed by atoms with Crippen LogP contribution in [0.25, 0.3) is 6.08 Å². The molecule has 0 radical (unpaired) electrons. The van der Waals surface area contributed by atoms with Crippen LogP contribution >= 0.6 is 15.9 Å². The Morgan fingerprint density at radius 2 is 1.93 bits per heavy atom. The van der Waals surface area contributed by atoms with Gasteiger partial charge in [0.05, 0.1) is 11.6 Å². The summed E-state index contributed by atoms with van der Waals surface area (Å²) >= 11 is 3.39. The fourth-order valence-electron chi connectivity index (χ4n) is 2.81. The first-order valence-corrected chi connectivity index (χ1v) is 10.3. The monoisotopic (exact) mass is 471 g/mol. The van der Waals surface area contributed by atoms with Crippen LogP contribution in [0.3, 0.4) is 0 Å². The van der Waals surface area contributed by atoms with E-state index in [1.165, 1.54) is 12.7 Å². The van der Waals surface area contributed by atoms with Crippen molar-refractivity contribution in [3.05, 3.63) is 63.3 Å².